The van der Waals surface area contributed by atoms with Crippen LogP contribution in [-0.4, -0.2) is 14.8 Å². The predicted octanol–water partition coefficient (Wildman–Crippen LogP) is 1.68. The Kier molecular flexibility index (Phi) is 2.19. The molecule has 0 aliphatic carbocycles. The van der Waals surface area contributed by atoms with E-state index < -0.39 is 0 Å². The summed E-state index contributed by atoms with van der Waals surface area (Å²) in [6.07, 6.45) is 0. The predicted molar refractivity (Wildman–Crippen MR) is 60.3 cm³/mol. The first-order chi connectivity index (χ1) is 7.09. The van der Waals surface area contributed by atoms with Crippen LogP contribution in [0.15, 0.2) is 18.2 Å². The third-order valence-corrected chi connectivity index (χ3v) is 2.63. The largest absolute Gasteiger partial charge is 0.398 e. The van der Waals surface area contributed by atoms with Crippen molar-refractivity contribution in [1.29, 1.82) is 0 Å². The van der Waals surface area contributed by atoms with Gasteiger partial charge >= 0.3 is 0 Å². The molecule has 4 nitrogen and oxygen atoms in total. The molecule has 2 rings (SSSR count). The Bertz CT molecular complexity index is 499. The van der Waals surface area contributed by atoms with Gasteiger partial charge in [0.2, 0.25) is 0 Å². The molecule has 0 saturated carbocycles. The lowest BCUT2D eigenvalue weighted by Crippen LogP contribution is -1.96. The number of aryl methyl sites for hydroxylation is 2. The molecule has 0 bridgehead atoms. The second-order valence-corrected chi connectivity index (χ2v) is 3.70. The van der Waals surface area contributed by atoms with Crippen molar-refractivity contribution < 1.29 is 0 Å². The van der Waals surface area contributed by atoms with Crippen LogP contribution in [0.25, 0.3) is 11.4 Å². The van der Waals surface area contributed by atoms with E-state index in [1.807, 2.05) is 43.7 Å². The SMILES string of the molecule is Cc1ccc(-c2nnc(C)n2C)cc1N. The summed E-state index contributed by atoms with van der Waals surface area (Å²) in [6.45, 7) is 3.91. The summed E-state index contributed by atoms with van der Waals surface area (Å²) in [4.78, 5) is 0. The zero-order valence-corrected chi connectivity index (χ0v) is 9.15. The quantitative estimate of drug-likeness (QED) is 0.716. The summed E-state index contributed by atoms with van der Waals surface area (Å²) in [5, 5.41) is 8.13. The van der Waals surface area contributed by atoms with E-state index in [4.69, 9.17) is 5.73 Å². The number of rotatable bonds is 1. The molecule has 4 heteroatoms. The van der Waals surface area contributed by atoms with Gasteiger partial charge in [0, 0.05) is 18.3 Å². The van der Waals surface area contributed by atoms with Crippen molar-refractivity contribution in [2.24, 2.45) is 7.05 Å². The van der Waals surface area contributed by atoms with Crippen molar-refractivity contribution in [2.45, 2.75) is 13.8 Å². The Hall–Kier alpha value is -1.84. The van der Waals surface area contributed by atoms with E-state index in [1.165, 1.54) is 0 Å². The first-order valence-corrected chi connectivity index (χ1v) is 4.82. The highest BCUT2D eigenvalue weighted by molar-refractivity contribution is 5.63. The number of anilines is 1. The van der Waals surface area contributed by atoms with Crippen LogP contribution in [0.4, 0.5) is 5.69 Å². The van der Waals surface area contributed by atoms with Gasteiger partial charge in [-0.2, -0.15) is 0 Å². The summed E-state index contributed by atoms with van der Waals surface area (Å²) in [5.74, 6) is 1.74. The smallest absolute Gasteiger partial charge is 0.163 e. The Morgan fingerprint density at radius 3 is 2.47 bits per heavy atom. The molecule has 0 aliphatic rings. The molecule has 0 fully saturated rings. The zero-order chi connectivity index (χ0) is 11.0. The van der Waals surface area contributed by atoms with Crippen molar-refractivity contribution in [3.63, 3.8) is 0 Å². The van der Waals surface area contributed by atoms with Gasteiger partial charge in [0.1, 0.15) is 5.82 Å². The minimum atomic E-state index is 0.785. The van der Waals surface area contributed by atoms with Gasteiger partial charge in [0.25, 0.3) is 0 Å². The maximum absolute atomic E-state index is 5.86. The number of hydrogen-bond acceptors (Lipinski definition) is 3. The summed E-state index contributed by atoms with van der Waals surface area (Å²) in [7, 11) is 1.95. The van der Waals surface area contributed by atoms with Crippen molar-refractivity contribution >= 4 is 5.69 Å². The minimum absolute atomic E-state index is 0.785. The van der Waals surface area contributed by atoms with Gasteiger partial charge in [-0.25, -0.2) is 0 Å². The van der Waals surface area contributed by atoms with E-state index in [0.717, 1.165) is 28.5 Å². The lowest BCUT2D eigenvalue weighted by molar-refractivity contribution is 0.865. The summed E-state index contributed by atoms with van der Waals surface area (Å²) < 4.78 is 1.95. The van der Waals surface area contributed by atoms with E-state index >= 15 is 0 Å². The van der Waals surface area contributed by atoms with Crippen molar-refractivity contribution in [3.05, 3.63) is 29.6 Å². The number of aromatic nitrogens is 3. The summed E-state index contributed by atoms with van der Waals surface area (Å²) in [6, 6.07) is 5.93. The summed E-state index contributed by atoms with van der Waals surface area (Å²) in [5.41, 5.74) is 8.72. The molecular weight excluding hydrogens is 188 g/mol. The van der Waals surface area contributed by atoms with Gasteiger partial charge in [-0.15, -0.1) is 10.2 Å². The van der Waals surface area contributed by atoms with Gasteiger partial charge in [-0.1, -0.05) is 12.1 Å². The monoisotopic (exact) mass is 202 g/mol. The van der Waals surface area contributed by atoms with E-state index in [0.29, 0.717) is 0 Å². The van der Waals surface area contributed by atoms with Gasteiger partial charge < -0.3 is 10.3 Å². The molecule has 2 aromatic rings. The van der Waals surface area contributed by atoms with Gasteiger partial charge in [0.15, 0.2) is 5.82 Å². The Morgan fingerprint density at radius 1 is 1.20 bits per heavy atom. The van der Waals surface area contributed by atoms with Crippen LogP contribution in [0.2, 0.25) is 0 Å². The fourth-order valence-electron chi connectivity index (χ4n) is 1.44. The third kappa shape index (κ3) is 1.58. The molecule has 78 valence electrons. The molecular formula is C11H14N4. The lowest BCUT2D eigenvalue weighted by Gasteiger charge is -2.04. The van der Waals surface area contributed by atoms with Crippen molar-refractivity contribution in [2.75, 3.05) is 5.73 Å². The molecule has 0 unspecified atom stereocenters. The third-order valence-electron chi connectivity index (χ3n) is 2.63. The van der Waals surface area contributed by atoms with E-state index in [9.17, 15) is 0 Å². The standard InChI is InChI=1S/C11H14N4/c1-7-4-5-9(6-10(7)12)11-14-13-8(2)15(11)3/h4-6H,12H2,1-3H3. The Morgan fingerprint density at radius 2 is 1.93 bits per heavy atom. The number of nitrogen functional groups attached to an aromatic ring is 1. The van der Waals surface area contributed by atoms with Gasteiger partial charge in [-0.05, 0) is 25.5 Å². The molecule has 1 aromatic carbocycles. The average Bonchev–Trinajstić information content (AvgIpc) is 2.53. The second kappa shape index (κ2) is 3.38. The fraction of sp³-hybridized carbons (Fsp3) is 0.273. The molecule has 2 N–H and O–H groups in total. The first kappa shape index (κ1) is 9.71. The van der Waals surface area contributed by atoms with Crippen molar-refractivity contribution in [1.82, 2.24) is 14.8 Å². The van der Waals surface area contributed by atoms with Gasteiger partial charge in [-0.3, -0.25) is 0 Å². The fourth-order valence-corrected chi connectivity index (χ4v) is 1.44. The molecule has 1 heterocycles. The van der Waals surface area contributed by atoms with E-state index in [1.54, 1.807) is 0 Å². The highest BCUT2D eigenvalue weighted by Gasteiger charge is 2.08. The molecule has 0 aliphatic heterocycles. The van der Waals surface area contributed by atoms with Crippen LogP contribution in [0.5, 0.6) is 0 Å². The zero-order valence-electron chi connectivity index (χ0n) is 9.15. The van der Waals surface area contributed by atoms with Crippen LogP contribution in [0.1, 0.15) is 11.4 Å². The topological polar surface area (TPSA) is 56.7 Å². The molecule has 15 heavy (non-hydrogen) atoms. The number of hydrogen-bond donors (Lipinski definition) is 1. The van der Waals surface area contributed by atoms with E-state index in [-0.39, 0.29) is 0 Å². The highest BCUT2D eigenvalue weighted by atomic mass is 15.3. The molecule has 0 radical (unpaired) electrons. The molecule has 0 atom stereocenters. The maximum atomic E-state index is 5.86. The lowest BCUT2D eigenvalue weighted by atomic mass is 10.1. The Balaban J connectivity index is 2.55. The Labute approximate surface area is 88.8 Å². The number of nitrogens with zero attached hydrogens (tertiary/aromatic N) is 3. The van der Waals surface area contributed by atoms with Crippen LogP contribution in [-0.2, 0) is 7.05 Å². The summed E-state index contributed by atoms with van der Waals surface area (Å²) >= 11 is 0. The molecule has 0 spiro atoms. The van der Waals surface area contributed by atoms with Gasteiger partial charge in [0.05, 0.1) is 0 Å². The van der Waals surface area contributed by atoms with E-state index in [2.05, 4.69) is 10.2 Å². The van der Waals surface area contributed by atoms with Crippen LogP contribution < -0.4 is 5.73 Å². The van der Waals surface area contributed by atoms with Crippen LogP contribution in [0, 0.1) is 13.8 Å². The molecule has 0 saturated heterocycles. The minimum Gasteiger partial charge on any atom is -0.398 e. The van der Waals surface area contributed by atoms with Crippen molar-refractivity contribution in [3.8, 4) is 11.4 Å². The normalized spacial score (nSPS) is 10.6. The first-order valence-electron chi connectivity index (χ1n) is 4.82. The van der Waals surface area contributed by atoms with Crippen LogP contribution in [0.3, 0.4) is 0 Å². The number of benzene rings is 1. The molecule has 1 aromatic heterocycles. The molecule has 0 amide bonds. The average molecular weight is 202 g/mol. The second-order valence-electron chi connectivity index (χ2n) is 3.70. The maximum Gasteiger partial charge on any atom is 0.163 e. The highest BCUT2D eigenvalue weighted by Crippen LogP contribution is 2.21. The van der Waals surface area contributed by atoms with Crippen LogP contribution >= 0.6 is 0 Å². The number of nitrogens with two attached hydrogens (primary N) is 1.